The van der Waals surface area contributed by atoms with Gasteiger partial charge < -0.3 is 15.5 Å². The molecule has 0 aliphatic heterocycles. The zero-order chi connectivity index (χ0) is 15.5. The molecule has 22 heavy (non-hydrogen) atoms. The van der Waals surface area contributed by atoms with Gasteiger partial charge in [-0.25, -0.2) is 4.99 Å². The lowest BCUT2D eigenvalue weighted by Crippen LogP contribution is -2.39. The molecule has 0 spiro atoms. The van der Waals surface area contributed by atoms with Crippen LogP contribution in [0.15, 0.2) is 23.5 Å². The van der Waals surface area contributed by atoms with Gasteiger partial charge in [-0.1, -0.05) is 6.92 Å². The van der Waals surface area contributed by atoms with E-state index in [4.69, 9.17) is 0 Å². The number of aryl methyl sites for hydroxylation is 1. The lowest BCUT2D eigenvalue weighted by atomic mass is 10.4. The van der Waals surface area contributed by atoms with Crippen LogP contribution in [0.3, 0.4) is 0 Å². The van der Waals surface area contributed by atoms with Crippen molar-refractivity contribution >= 4 is 35.8 Å². The third-order valence-electron chi connectivity index (χ3n) is 2.83. The first kappa shape index (κ1) is 20.7. The van der Waals surface area contributed by atoms with Gasteiger partial charge in [-0.2, -0.15) is 5.10 Å². The molecule has 1 aromatic rings. The number of carbonyl (C=O) groups excluding carboxylic acids is 1. The number of nitrogens with zero attached hydrogens (tertiary/aromatic N) is 4. The van der Waals surface area contributed by atoms with E-state index in [0.717, 1.165) is 32.5 Å². The Labute approximate surface area is 149 Å². The maximum atomic E-state index is 11.6. The van der Waals surface area contributed by atoms with Crippen molar-refractivity contribution in [3.05, 3.63) is 18.5 Å². The number of aliphatic imine (C=N–C) groups is 1. The van der Waals surface area contributed by atoms with Crippen LogP contribution >= 0.6 is 24.0 Å². The fraction of sp³-hybridized carbons (Fsp3) is 0.643. The Morgan fingerprint density at radius 3 is 2.64 bits per heavy atom. The van der Waals surface area contributed by atoms with Gasteiger partial charge in [0.2, 0.25) is 5.91 Å². The molecule has 0 fully saturated rings. The molecule has 2 N–H and O–H groups in total. The van der Waals surface area contributed by atoms with Crippen LogP contribution in [0.1, 0.15) is 19.8 Å². The minimum atomic E-state index is -0.0101. The van der Waals surface area contributed by atoms with Gasteiger partial charge in [0.25, 0.3) is 0 Å². The first-order valence-electron chi connectivity index (χ1n) is 7.33. The monoisotopic (exact) mass is 422 g/mol. The van der Waals surface area contributed by atoms with Crippen LogP contribution in [0.5, 0.6) is 0 Å². The van der Waals surface area contributed by atoms with Crippen molar-refractivity contribution in [2.24, 2.45) is 4.99 Å². The van der Waals surface area contributed by atoms with E-state index in [0.29, 0.717) is 5.96 Å². The molecule has 8 heteroatoms. The lowest BCUT2D eigenvalue weighted by Gasteiger charge is -2.13. The van der Waals surface area contributed by atoms with Gasteiger partial charge in [-0.05, 0) is 18.9 Å². The fourth-order valence-electron chi connectivity index (χ4n) is 1.59. The fourth-order valence-corrected chi connectivity index (χ4v) is 1.59. The Morgan fingerprint density at radius 2 is 2.05 bits per heavy atom. The molecule has 0 saturated carbocycles. The summed E-state index contributed by atoms with van der Waals surface area (Å²) in [5.41, 5.74) is 0. The Hall–Kier alpha value is -1.32. The number of aromatic nitrogens is 2. The number of amides is 1. The summed E-state index contributed by atoms with van der Waals surface area (Å²) in [5, 5.41) is 10.6. The molecular weight excluding hydrogens is 395 g/mol. The Bertz CT molecular complexity index is 433. The van der Waals surface area contributed by atoms with Crippen molar-refractivity contribution in [2.75, 3.05) is 33.7 Å². The third-order valence-corrected chi connectivity index (χ3v) is 2.83. The van der Waals surface area contributed by atoms with Crippen molar-refractivity contribution < 1.29 is 4.79 Å². The normalized spacial score (nSPS) is 10.8. The summed E-state index contributed by atoms with van der Waals surface area (Å²) < 4.78 is 1.90. The number of hydrogen-bond acceptors (Lipinski definition) is 3. The molecule has 7 nitrogen and oxygen atoms in total. The SMILES string of the molecule is CCCNC(=NCC(=O)N(C)C)NCCCn1cccn1.I. The summed E-state index contributed by atoms with van der Waals surface area (Å²) >= 11 is 0. The summed E-state index contributed by atoms with van der Waals surface area (Å²) in [4.78, 5) is 17.4. The molecule has 0 atom stereocenters. The number of rotatable bonds is 8. The molecule has 0 aliphatic rings. The topological polar surface area (TPSA) is 74.6 Å². The maximum Gasteiger partial charge on any atom is 0.243 e. The molecule has 0 unspecified atom stereocenters. The lowest BCUT2D eigenvalue weighted by molar-refractivity contribution is -0.127. The van der Waals surface area contributed by atoms with Crippen molar-refractivity contribution in [2.45, 2.75) is 26.3 Å². The number of halogens is 1. The molecule has 0 aromatic carbocycles. The quantitative estimate of drug-likeness (QED) is 0.283. The van der Waals surface area contributed by atoms with E-state index in [9.17, 15) is 4.79 Å². The van der Waals surface area contributed by atoms with Crippen LogP contribution in [0.4, 0.5) is 0 Å². The number of likely N-dealkylation sites (N-methyl/N-ethyl adjacent to an activating group) is 1. The van der Waals surface area contributed by atoms with E-state index in [1.165, 1.54) is 0 Å². The summed E-state index contributed by atoms with van der Waals surface area (Å²) in [5.74, 6) is 0.677. The molecule has 0 bridgehead atoms. The van der Waals surface area contributed by atoms with Crippen LogP contribution < -0.4 is 10.6 Å². The first-order chi connectivity index (χ1) is 10.1. The second-order valence-corrected chi connectivity index (χ2v) is 4.93. The first-order valence-corrected chi connectivity index (χ1v) is 7.33. The number of guanidine groups is 1. The van der Waals surface area contributed by atoms with E-state index in [1.54, 1.807) is 25.2 Å². The van der Waals surface area contributed by atoms with Gasteiger partial charge in [0.1, 0.15) is 6.54 Å². The minimum Gasteiger partial charge on any atom is -0.356 e. The average molecular weight is 422 g/mol. The summed E-state index contributed by atoms with van der Waals surface area (Å²) in [6, 6.07) is 1.91. The summed E-state index contributed by atoms with van der Waals surface area (Å²) in [6.07, 6.45) is 5.67. The van der Waals surface area contributed by atoms with Gasteiger partial charge in [-0.3, -0.25) is 9.48 Å². The molecule has 1 heterocycles. The van der Waals surface area contributed by atoms with E-state index >= 15 is 0 Å². The second-order valence-electron chi connectivity index (χ2n) is 4.93. The van der Waals surface area contributed by atoms with Gasteiger partial charge in [-0.15, -0.1) is 24.0 Å². The highest BCUT2D eigenvalue weighted by molar-refractivity contribution is 14.0. The van der Waals surface area contributed by atoms with Crippen LogP contribution in [-0.4, -0.2) is 60.3 Å². The highest BCUT2D eigenvalue weighted by atomic mass is 127. The Kier molecular flexibility index (Phi) is 11.5. The Morgan fingerprint density at radius 1 is 1.32 bits per heavy atom. The van der Waals surface area contributed by atoms with Crippen molar-refractivity contribution in [1.82, 2.24) is 25.3 Å². The van der Waals surface area contributed by atoms with Gasteiger partial charge in [0.05, 0.1) is 0 Å². The molecule has 0 radical (unpaired) electrons. The molecular formula is C14H27IN6O. The van der Waals surface area contributed by atoms with Crippen LogP contribution in [0, 0.1) is 0 Å². The number of carbonyl (C=O) groups is 1. The van der Waals surface area contributed by atoms with Crippen molar-refractivity contribution in [3.8, 4) is 0 Å². The zero-order valence-electron chi connectivity index (χ0n) is 13.6. The van der Waals surface area contributed by atoms with Crippen LogP contribution in [0.25, 0.3) is 0 Å². The molecule has 1 rings (SSSR count). The number of hydrogen-bond donors (Lipinski definition) is 2. The van der Waals surface area contributed by atoms with E-state index in [-0.39, 0.29) is 36.4 Å². The average Bonchev–Trinajstić information content (AvgIpc) is 2.98. The minimum absolute atomic E-state index is 0. The van der Waals surface area contributed by atoms with Crippen LogP contribution in [-0.2, 0) is 11.3 Å². The van der Waals surface area contributed by atoms with Crippen LogP contribution in [0.2, 0.25) is 0 Å². The van der Waals surface area contributed by atoms with Crippen molar-refractivity contribution in [3.63, 3.8) is 0 Å². The molecule has 1 amide bonds. The summed E-state index contributed by atoms with van der Waals surface area (Å²) in [7, 11) is 3.46. The third kappa shape index (κ3) is 8.85. The Balaban J connectivity index is 0.00000441. The largest absolute Gasteiger partial charge is 0.356 e. The van der Waals surface area contributed by atoms with Crippen molar-refractivity contribution in [1.29, 1.82) is 0 Å². The predicted molar refractivity (Wildman–Crippen MR) is 99.6 cm³/mol. The summed E-state index contributed by atoms with van der Waals surface area (Å²) in [6.45, 7) is 4.73. The molecule has 0 aliphatic carbocycles. The van der Waals surface area contributed by atoms with Gasteiger partial charge >= 0.3 is 0 Å². The second kappa shape index (κ2) is 12.2. The molecule has 1 aromatic heterocycles. The zero-order valence-corrected chi connectivity index (χ0v) is 15.9. The highest BCUT2D eigenvalue weighted by Crippen LogP contribution is 1.88. The maximum absolute atomic E-state index is 11.6. The van der Waals surface area contributed by atoms with E-state index in [2.05, 4.69) is 27.6 Å². The number of nitrogens with one attached hydrogen (secondary N) is 2. The van der Waals surface area contributed by atoms with Gasteiger partial charge in [0.15, 0.2) is 5.96 Å². The van der Waals surface area contributed by atoms with E-state index < -0.39 is 0 Å². The molecule has 126 valence electrons. The standard InChI is InChI=1S/C14H26N6O.HI/c1-4-7-15-14(17-12-13(21)19(2)3)16-8-5-10-20-11-6-9-18-20;/h6,9,11H,4-5,7-8,10,12H2,1-3H3,(H2,15,16,17);1H. The van der Waals surface area contributed by atoms with Gasteiger partial charge in [0, 0.05) is 46.1 Å². The molecule has 0 saturated heterocycles. The smallest absolute Gasteiger partial charge is 0.243 e. The van der Waals surface area contributed by atoms with E-state index in [1.807, 2.05) is 16.9 Å². The highest BCUT2D eigenvalue weighted by Gasteiger charge is 2.04. The predicted octanol–water partition coefficient (Wildman–Crippen LogP) is 0.925.